The molecule has 2 aromatic carbocycles. The van der Waals surface area contributed by atoms with E-state index in [1.807, 2.05) is 0 Å². The lowest BCUT2D eigenvalue weighted by atomic mass is 10.1. The van der Waals surface area contributed by atoms with Crippen molar-refractivity contribution in [3.63, 3.8) is 0 Å². The number of benzene rings is 2. The van der Waals surface area contributed by atoms with Gasteiger partial charge in [-0.15, -0.1) is 0 Å². The summed E-state index contributed by atoms with van der Waals surface area (Å²) in [5.41, 5.74) is 0.903. The van der Waals surface area contributed by atoms with Gasteiger partial charge in [-0.3, -0.25) is 0 Å². The zero-order chi connectivity index (χ0) is 16.4. The van der Waals surface area contributed by atoms with Gasteiger partial charge in [0.25, 0.3) is 0 Å². The van der Waals surface area contributed by atoms with Crippen molar-refractivity contribution in [2.75, 3.05) is 11.9 Å². The van der Waals surface area contributed by atoms with Crippen LogP contribution in [0.1, 0.15) is 15.9 Å². The van der Waals surface area contributed by atoms with E-state index in [1.165, 1.54) is 24.3 Å². The second kappa shape index (κ2) is 6.34. The van der Waals surface area contributed by atoms with Crippen LogP contribution < -0.4 is 4.90 Å². The minimum Gasteiger partial charge on any atom is -0.508 e. The van der Waals surface area contributed by atoms with E-state index in [0.29, 0.717) is 16.3 Å². The van der Waals surface area contributed by atoms with E-state index in [4.69, 9.17) is 28.3 Å². The molecule has 116 valence electrons. The third kappa shape index (κ3) is 3.37. The Hall–Kier alpha value is -2.11. The van der Waals surface area contributed by atoms with Crippen molar-refractivity contribution in [1.82, 2.24) is 0 Å². The van der Waals surface area contributed by atoms with E-state index in [2.05, 4.69) is 0 Å². The molecule has 0 radical (unpaired) electrons. The van der Waals surface area contributed by atoms with Crippen LogP contribution >= 0.6 is 23.2 Å². The lowest BCUT2D eigenvalue weighted by molar-refractivity contribution is 0.0696. The summed E-state index contributed by atoms with van der Waals surface area (Å²) in [5.74, 6) is -1.37. The predicted molar refractivity (Wildman–Crippen MR) is 85.3 cm³/mol. The van der Waals surface area contributed by atoms with E-state index in [9.17, 15) is 15.0 Å². The molecule has 2 aromatic rings. The molecule has 0 fully saturated rings. The van der Waals surface area contributed by atoms with Crippen LogP contribution in [0.2, 0.25) is 10.0 Å². The average Bonchev–Trinajstić information content (AvgIpc) is 2.44. The van der Waals surface area contributed by atoms with Crippen molar-refractivity contribution in [1.29, 1.82) is 0 Å². The largest absolute Gasteiger partial charge is 0.508 e. The maximum absolute atomic E-state index is 10.8. The fraction of sp³-hybridized carbons (Fsp3) is 0.133. The Morgan fingerprint density at radius 1 is 1.18 bits per heavy atom. The van der Waals surface area contributed by atoms with Gasteiger partial charge in [0.05, 0.1) is 16.3 Å². The van der Waals surface area contributed by atoms with Gasteiger partial charge >= 0.3 is 5.97 Å². The number of rotatable bonds is 4. The normalized spacial score (nSPS) is 10.5. The number of phenols is 2. The van der Waals surface area contributed by atoms with Crippen molar-refractivity contribution in [2.24, 2.45) is 0 Å². The van der Waals surface area contributed by atoms with Crippen LogP contribution in [0.15, 0.2) is 30.3 Å². The monoisotopic (exact) mass is 341 g/mol. The summed E-state index contributed by atoms with van der Waals surface area (Å²) in [7, 11) is 1.69. The highest BCUT2D eigenvalue weighted by atomic mass is 35.5. The minimum atomic E-state index is -1.12. The zero-order valence-electron chi connectivity index (χ0n) is 11.5. The van der Waals surface area contributed by atoms with Crippen LogP contribution in [-0.4, -0.2) is 28.3 Å². The molecular weight excluding hydrogens is 329 g/mol. The van der Waals surface area contributed by atoms with Crippen LogP contribution in [0.25, 0.3) is 0 Å². The highest BCUT2D eigenvalue weighted by Gasteiger charge is 2.14. The number of carboxylic acids is 1. The van der Waals surface area contributed by atoms with Gasteiger partial charge in [-0.25, -0.2) is 4.79 Å². The van der Waals surface area contributed by atoms with Crippen LogP contribution in [0.4, 0.5) is 5.69 Å². The van der Waals surface area contributed by atoms with Crippen molar-refractivity contribution in [3.8, 4) is 11.5 Å². The first-order valence-corrected chi connectivity index (χ1v) is 6.99. The topological polar surface area (TPSA) is 81.0 Å². The van der Waals surface area contributed by atoms with Crippen molar-refractivity contribution >= 4 is 34.9 Å². The SMILES string of the molecule is CN(Cc1ccc(C(=O)O)cc1O)c1cc(Cl)cc(Cl)c1O. The van der Waals surface area contributed by atoms with Crippen LogP contribution in [-0.2, 0) is 6.54 Å². The summed E-state index contributed by atoms with van der Waals surface area (Å²) in [4.78, 5) is 12.5. The molecule has 2 rings (SSSR count). The first kappa shape index (κ1) is 16.3. The van der Waals surface area contributed by atoms with Crippen LogP contribution in [0, 0.1) is 0 Å². The molecule has 22 heavy (non-hydrogen) atoms. The third-order valence-corrected chi connectivity index (χ3v) is 3.67. The lowest BCUT2D eigenvalue weighted by Gasteiger charge is -2.22. The minimum absolute atomic E-state index is 0.00227. The van der Waals surface area contributed by atoms with E-state index >= 15 is 0 Å². The van der Waals surface area contributed by atoms with Gasteiger partial charge in [0.15, 0.2) is 5.75 Å². The molecule has 5 nitrogen and oxygen atoms in total. The van der Waals surface area contributed by atoms with E-state index in [1.54, 1.807) is 18.0 Å². The van der Waals surface area contributed by atoms with Gasteiger partial charge in [0, 0.05) is 24.2 Å². The summed E-state index contributed by atoms with van der Waals surface area (Å²) in [6.45, 7) is 0.232. The van der Waals surface area contributed by atoms with Gasteiger partial charge in [0.1, 0.15) is 5.75 Å². The third-order valence-electron chi connectivity index (χ3n) is 3.16. The van der Waals surface area contributed by atoms with Crippen molar-refractivity contribution < 1.29 is 20.1 Å². The molecule has 0 spiro atoms. The molecule has 3 N–H and O–H groups in total. The summed E-state index contributed by atoms with van der Waals surface area (Å²) in [6, 6.07) is 7.06. The number of nitrogens with zero attached hydrogens (tertiary/aromatic N) is 1. The molecule has 0 heterocycles. The molecule has 0 unspecified atom stereocenters. The number of hydrogen-bond donors (Lipinski definition) is 3. The molecule has 0 aliphatic heterocycles. The van der Waals surface area contributed by atoms with E-state index in [0.717, 1.165) is 0 Å². The molecular formula is C15H13Cl2NO4. The maximum Gasteiger partial charge on any atom is 0.335 e. The number of carboxylic acid groups (broad SMARTS) is 1. The Balaban J connectivity index is 2.29. The number of anilines is 1. The van der Waals surface area contributed by atoms with E-state index in [-0.39, 0.29) is 28.6 Å². The zero-order valence-corrected chi connectivity index (χ0v) is 13.1. The van der Waals surface area contributed by atoms with Gasteiger partial charge in [-0.1, -0.05) is 29.3 Å². The Bertz CT molecular complexity index is 734. The molecule has 0 saturated heterocycles. The highest BCUT2D eigenvalue weighted by molar-refractivity contribution is 6.36. The Labute approximate surface area is 136 Å². The Morgan fingerprint density at radius 3 is 2.45 bits per heavy atom. The van der Waals surface area contributed by atoms with Gasteiger partial charge in [-0.2, -0.15) is 0 Å². The quantitative estimate of drug-likeness (QED) is 0.789. The standard InChI is InChI=1S/C15H13Cl2NO4/c1-18(12-6-10(16)5-11(17)14(12)20)7-9-3-2-8(15(21)22)4-13(9)19/h2-6,19-20H,7H2,1H3,(H,21,22). The highest BCUT2D eigenvalue weighted by Crippen LogP contribution is 2.37. The number of carbonyl (C=O) groups is 1. The molecule has 0 bridgehead atoms. The predicted octanol–water partition coefficient (Wildman–Crippen LogP) is 3.74. The summed E-state index contributed by atoms with van der Waals surface area (Å²) in [6.07, 6.45) is 0. The molecule has 0 amide bonds. The average molecular weight is 342 g/mol. The van der Waals surface area contributed by atoms with Crippen molar-refractivity contribution in [2.45, 2.75) is 6.54 Å². The number of phenolic OH excluding ortho intramolecular Hbond substituents is 2. The fourth-order valence-electron chi connectivity index (χ4n) is 2.01. The lowest BCUT2D eigenvalue weighted by Crippen LogP contribution is -2.17. The molecule has 0 atom stereocenters. The molecule has 0 aromatic heterocycles. The Kier molecular flexibility index (Phi) is 4.68. The number of aromatic hydroxyl groups is 2. The first-order chi connectivity index (χ1) is 10.3. The Morgan fingerprint density at radius 2 is 1.86 bits per heavy atom. The smallest absolute Gasteiger partial charge is 0.335 e. The number of halogens is 2. The van der Waals surface area contributed by atoms with Gasteiger partial charge < -0.3 is 20.2 Å². The van der Waals surface area contributed by atoms with Crippen molar-refractivity contribution in [3.05, 3.63) is 51.5 Å². The van der Waals surface area contributed by atoms with Crippen LogP contribution in [0.5, 0.6) is 11.5 Å². The number of aromatic carboxylic acids is 1. The summed E-state index contributed by atoms with van der Waals surface area (Å²) >= 11 is 11.8. The number of hydrogen-bond acceptors (Lipinski definition) is 4. The molecule has 7 heteroatoms. The molecule has 0 aliphatic carbocycles. The van der Waals surface area contributed by atoms with Crippen LogP contribution in [0.3, 0.4) is 0 Å². The second-order valence-corrected chi connectivity index (χ2v) is 5.60. The van der Waals surface area contributed by atoms with Gasteiger partial charge in [0.2, 0.25) is 0 Å². The maximum atomic E-state index is 10.8. The fourth-order valence-corrected chi connectivity index (χ4v) is 2.50. The summed E-state index contributed by atoms with van der Waals surface area (Å²) < 4.78 is 0. The molecule has 0 saturated carbocycles. The second-order valence-electron chi connectivity index (χ2n) is 4.76. The van der Waals surface area contributed by atoms with E-state index < -0.39 is 5.97 Å². The first-order valence-electron chi connectivity index (χ1n) is 6.24. The molecule has 0 aliphatic rings. The van der Waals surface area contributed by atoms with Gasteiger partial charge in [-0.05, 0) is 24.3 Å². The summed E-state index contributed by atoms with van der Waals surface area (Å²) in [5, 5.41) is 29.3.